The van der Waals surface area contributed by atoms with Gasteiger partial charge in [-0.1, -0.05) is 35.9 Å². The molecule has 0 atom stereocenters. The first kappa shape index (κ1) is 14.9. The van der Waals surface area contributed by atoms with Crippen molar-refractivity contribution in [1.29, 1.82) is 0 Å². The lowest BCUT2D eigenvalue weighted by Crippen LogP contribution is -2.03. The number of H-pyrrole nitrogens is 1. The lowest BCUT2D eigenvalue weighted by atomic mass is 10.1. The summed E-state index contributed by atoms with van der Waals surface area (Å²) in [6, 6.07) is 13.7. The van der Waals surface area contributed by atoms with Crippen LogP contribution in [-0.2, 0) is 0 Å². The van der Waals surface area contributed by atoms with E-state index in [2.05, 4.69) is 35.7 Å². The second-order valence-corrected chi connectivity index (χ2v) is 5.53. The SMILES string of the molecule is Cc1ccc(-c2nnc(-c3ccccn3)nc2Nc2cn[nH]c2)cc1. The molecule has 0 radical (unpaired) electrons. The van der Waals surface area contributed by atoms with Crippen molar-refractivity contribution < 1.29 is 0 Å². The number of pyridine rings is 1. The smallest absolute Gasteiger partial charge is 0.202 e. The molecule has 3 heterocycles. The van der Waals surface area contributed by atoms with E-state index < -0.39 is 0 Å². The van der Waals surface area contributed by atoms with Crippen molar-refractivity contribution in [2.24, 2.45) is 0 Å². The van der Waals surface area contributed by atoms with Crippen LogP contribution in [0.15, 0.2) is 61.1 Å². The highest BCUT2D eigenvalue weighted by Gasteiger charge is 2.14. The Hall–Kier alpha value is -3.61. The first-order valence-electron chi connectivity index (χ1n) is 7.78. The molecule has 0 fully saturated rings. The maximum absolute atomic E-state index is 4.63. The minimum Gasteiger partial charge on any atom is -0.336 e. The van der Waals surface area contributed by atoms with Gasteiger partial charge < -0.3 is 5.32 Å². The van der Waals surface area contributed by atoms with Gasteiger partial charge in [0.05, 0.1) is 11.9 Å². The number of hydrogen-bond donors (Lipinski definition) is 2. The molecule has 0 saturated carbocycles. The topological polar surface area (TPSA) is 92.3 Å². The average Bonchev–Trinajstić information content (AvgIpc) is 3.16. The van der Waals surface area contributed by atoms with E-state index in [4.69, 9.17) is 0 Å². The molecule has 7 nitrogen and oxygen atoms in total. The first-order chi connectivity index (χ1) is 12.3. The van der Waals surface area contributed by atoms with Crippen molar-refractivity contribution in [3.05, 3.63) is 66.6 Å². The molecular formula is C18H15N7. The largest absolute Gasteiger partial charge is 0.336 e. The lowest BCUT2D eigenvalue weighted by molar-refractivity contribution is 0.981. The molecule has 4 rings (SSSR count). The third kappa shape index (κ3) is 3.20. The van der Waals surface area contributed by atoms with Crippen LogP contribution in [0.1, 0.15) is 5.56 Å². The van der Waals surface area contributed by atoms with Gasteiger partial charge in [0.25, 0.3) is 0 Å². The number of rotatable bonds is 4. The summed E-state index contributed by atoms with van der Waals surface area (Å²) < 4.78 is 0. The molecule has 1 aromatic carbocycles. The van der Waals surface area contributed by atoms with E-state index in [0.29, 0.717) is 23.0 Å². The fourth-order valence-electron chi connectivity index (χ4n) is 2.38. The third-order valence-corrected chi connectivity index (χ3v) is 3.67. The number of aromatic amines is 1. The van der Waals surface area contributed by atoms with Crippen LogP contribution in [0, 0.1) is 6.92 Å². The normalized spacial score (nSPS) is 10.6. The number of aromatic nitrogens is 6. The zero-order chi connectivity index (χ0) is 17.1. The van der Waals surface area contributed by atoms with Gasteiger partial charge in [-0.3, -0.25) is 10.1 Å². The average molecular weight is 329 g/mol. The lowest BCUT2D eigenvalue weighted by Gasteiger charge is -2.10. The van der Waals surface area contributed by atoms with Gasteiger partial charge in [0.1, 0.15) is 11.4 Å². The summed E-state index contributed by atoms with van der Waals surface area (Å²) >= 11 is 0. The van der Waals surface area contributed by atoms with E-state index in [-0.39, 0.29) is 0 Å². The van der Waals surface area contributed by atoms with Crippen LogP contribution < -0.4 is 5.32 Å². The van der Waals surface area contributed by atoms with Crippen LogP contribution in [0.5, 0.6) is 0 Å². The molecule has 0 amide bonds. The zero-order valence-corrected chi connectivity index (χ0v) is 13.5. The van der Waals surface area contributed by atoms with Crippen LogP contribution in [0.25, 0.3) is 22.8 Å². The number of benzene rings is 1. The van der Waals surface area contributed by atoms with Gasteiger partial charge in [0.2, 0.25) is 5.82 Å². The second kappa shape index (κ2) is 6.48. The van der Waals surface area contributed by atoms with Crippen molar-refractivity contribution in [2.75, 3.05) is 5.32 Å². The van der Waals surface area contributed by atoms with Crippen LogP contribution in [0.3, 0.4) is 0 Å². The van der Waals surface area contributed by atoms with Gasteiger partial charge in [-0.15, -0.1) is 10.2 Å². The van der Waals surface area contributed by atoms with Crippen molar-refractivity contribution in [3.8, 4) is 22.8 Å². The Bertz CT molecular complexity index is 964. The minimum absolute atomic E-state index is 0.461. The summed E-state index contributed by atoms with van der Waals surface area (Å²) in [6.45, 7) is 2.04. The molecule has 0 saturated heterocycles. The predicted octanol–water partition coefficient (Wildman–Crippen LogP) is 3.38. The highest BCUT2D eigenvalue weighted by Crippen LogP contribution is 2.27. The zero-order valence-electron chi connectivity index (χ0n) is 13.5. The molecule has 0 spiro atoms. The summed E-state index contributed by atoms with van der Waals surface area (Å²) in [5, 5.41) is 18.6. The summed E-state index contributed by atoms with van der Waals surface area (Å²) in [4.78, 5) is 8.92. The Morgan fingerprint density at radius 1 is 1.00 bits per heavy atom. The minimum atomic E-state index is 0.461. The molecular weight excluding hydrogens is 314 g/mol. The Balaban J connectivity index is 1.81. The molecule has 0 aliphatic heterocycles. The van der Waals surface area contributed by atoms with Crippen molar-refractivity contribution in [3.63, 3.8) is 0 Å². The van der Waals surface area contributed by atoms with E-state index in [9.17, 15) is 0 Å². The summed E-state index contributed by atoms with van der Waals surface area (Å²) in [5.41, 5.74) is 4.24. The molecule has 2 N–H and O–H groups in total. The Morgan fingerprint density at radius 3 is 2.60 bits per heavy atom. The first-order valence-corrected chi connectivity index (χ1v) is 7.78. The van der Waals surface area contributed by atoms with Crippen molar-refractivity contribution >= 4 is 11.5 Å². The van der Waals surface area contributed by atoms with Crippen molar-refractivity contribution in [1.82, 2.24) is 30.4 Å². The number of aryl methyl sites for hydroxylation is 1. The molecule has 4 aromatic rings. The Morgan fingerprint density at radius 2 is 1.88 bits per heavy atom. The number of anilines is 2. The number of nitrogens with one attached hydrogen (secondary N) is 2. The highest BCUT2D eigenvalue weighted by molar-refractivity contribution is 5.75. The Kier molecular flexibility index (Phi) is 3.88. The molecule has 7 heteroatoms. The van der Waals surface area contributed by atoms with E-state index in [0.717, 1.165) is 11.3 Å². The number of hydrogen-bond acceptors (Lipinski definition) is 6. The maximum atomic E-state index is 4.63. The molecule has 122 valence electrons. The van der Waals surface area contributed by atoms with Crippen molar-refractivity contribution in [2.45, 2.75) is 6.92 Å². The van der Waals surface area contributed by atoms with Gasteiger partial charge in [-0.25, -0.2) is 4.98 Å². The van der Waals surface area contributed by atoms with Crippen LogP contribution in [0.4, 0.5) is 11.5 Å². The summed E-state index contributed by atoms with van der Waals surface area (Å²) in [6.07, 6.45) is 5.14. The van der Waals surface area contributed by atoms with Gasteiger partial charge >= 0.3 is 0 Å². The molecule has 0 aliphatic carbocycles. The maximum Gasteiger partial charge on any atom is 0.202 e. The fraction of sp³-hybridized carbons (Fsp3) is 0.0556. The quantitative estimate of drug-likeness (QED) is 0.596. The standard InChI is InChI=1S/C18H15N7/c1-12-5-7-13(8-6-12)16-18(22-14-10-20-21-11-14)23-17(25-24-16)15-4-2-3-9-19-15/h2-11H,1H3,(H,20,21)(H,22,23,25). The monoisotopic (exact) mass is 329 g/mol. The molecule has 3 aromatic heterocycles. The van der Waals surface area contributed by atoms with Crippen LogP contribution >= 0.6 is 0 Å². The van der Waals surface area contributed by atoms with Gasteiger partial charge in [-0.2, -0.15) is 5.10 Å². The van der Waals surface area contributed by atoms with Crippen LogP contribution in [-0.4, -0.2) is 30.4 Å². The van der Waals surface area contributed by atoms with E-state index in [1.54, 1.807) is 18.6 Å². The summed E-state index contributed by atoms with van der Waals surface area (Å²) in [7, 11) is 0. The van der Waals surface area contributed by atoms with Gasteiger partial charge in [-0.05, 0) is 19.1 Å². The van der Waals surface area contributed by atoms with E-state index in [1.807, 2.05) is 49.4 Å². The number of nitrogens with zero attached hydrogens (tertiary/aromatic N) is 5. The van der Waals surface area contributed by atoms with Gasteiger partial charge in [0, 0.05) is 18.0 Å². The fourth-order valence-corrected chi connectivity index (χ4v) is 2.38. The van der Waals surface area contributed by atoms with E-state index >= 15 is 0 Å². The second-order valence-electron chi connectivity index (χ2n) is 5.53. The predicted molar refractivity (Wildman–Crippen MR) is 95.1 cm³/mol. The Labute approximate surface area is 144 Å². The molecule has 0 bridgehead atoms. The third-order valence-electron chi connectivity index (χ3n) is 3.67. The highest BCUT2D eigenvalue weighted by atomic mass is 15.2. The van der Waals surface area contributed by atoms with Crippen LogP contribution in [0.2, 0.25) is 0 Å². The molecule has 0 unspecified atom stereocenters. The molecule has 0 aliphatic rings. The van der Waals surface area contributed by atoms with Gasteiger partial charge in [0.15, 0.2) is 5.82 Å². The molecule has 25 heavy (non-hydrogen) atoms. The van der Waals surface area contributed by atoms with E-state index in [1.165, 1.54) is 5.56 Å². The summed E-state index contributed by atoms with van der Waals surface area (Å²) in [5.74, 6) is 1.06.